The number of hydrogen-bond donors (Lipinski definition) is 2. The Labute approximate surface area is 139 Å². The van der Waals surface area contributed by atoms with Crippen LogP contribution in [-0.2, 0) is 19.6 Å². The highest BCUT2D eigenvalue weighted by Gasteiger charge is 2.17. The number of nitrogens with zero attached hydrogens (tertiary/aromatic N) is 1. The lowest BCUT2D eigenvalue weighted by Gasteiger charge is -2.07. The van der Waals surface area contributed by atoms with Crippen molar-refractivity contribution in [2.75, 3.05) is 19.4 Å². The number of rotatable bonds is 8. The predicted octanol–water partition coefficient (Wildman–Crippen LogP) is -0.156. The second kappa shape index (κ2) is 8.96. The van der Waals surface area contributed by atoms with Crippen molar-refractivity contribution in [3.05, 3.63) is 29.6 Å². The van der Waals surface area contributed by atoms with Gasteiger partial charge < -0.3 is 10.1 Å². The number of unbranched alkanes of at least 4 members (excludes halogenated alkanes) is 1. The zero-order chi connectivity index (χ0) is 18.2. The Hall–Kier alpha value is -2.49. The Morgan fingerprint density at radius 2 is 1.92 bits per heavy atom. The number of carbonyl (C=O) groups excluding carboxylic acids is 3. The predicted molar refractivity (Wildman–Crippen MR) is 84.7 cm³/mol. The zero-order valence-corrected chi connectivity index (χ0v) is 14.2. The van der Waals surface area contributed by atoms with Crippen molar-refractivity contribution in [1.29, 1.82) is 0 Å². The van der Waals surface area contributed by atoms with Crippen LogP contribution < -0.4 is 10.0 Å². The van der Waals surface area contributed by atoms with Gasteiger partial charge in [0.25, 0.3) is 11.8 Å². The second-order valence-corrected chi connectivity index (χ2v) is 6.64. The summed E-state index contributed by atoms with van der Waals surface area (Å²) in [7, 11) is -2.51. The second-order valence-electron chi connectivity index (χ2n) is 4.79. The van der Waals surface area contributed by atoms with Crippen molar-refractivity contribution < 1.29 is 27.5 Å². The number of carbonyl (C=O) groups is 3. The van der Waals surface area contributed by atoms with Crippen LogP contribution in [0.5, 0.6) is 0 Å². The third kappa shape index (κ3) is 6.32. The molecular weight excluding hydrogens is 338 g/mol. The van der Waals surface area contributed by atoms with Gasteiger partial charge in [-0.1, -0.05) is 13.3 Å². The molecule has 9 nitrogen and oxygen atoms in total. The van der Waals surface area contributed by atoms with Crippen LogP contribution in [0.4, 0.5) is 0 Å². The summed E-state index contributed by atoms with van der Waals surface area (Å²) in [5.41, 5.74) is -0.0242. The van der Waals surface area contributed by atoms with Crippen LogP contribution in [0.15, 0.2) is 18.3 Å². The smallest absolute Gasteiger partial charge is 0.325 e. The third-order valence-electron chi connectivity index (χ3n) is 2.89. The first kappa shape index (κ1) is 19.6. The van der Waals surface area contributed by atoms with Crippen LogP contribution >= 0.6 is 0 Å². The van der Waals surface area contributed by atoms with Crippen LogP contribution in [-0.4, -0.2) is 50.6 Å². The molecule has 1 aromatic rings. The summed E-state index contributed by atoms with van der Waals surface area (Å²) in [4.78, 5) is 38.3. The van der Waals surface area contributed by atoms with E-state index in [9.17, 15) is 22.8 Å². The number of sulfonamides is 1. The molecule has 0 spiro atoms. The van der Waals surface area contributed by atoms with E-state index >= 15 is 0 Å². The Morgan fingerprint density at radius 1 is 1.21 bits per heavy atom. The van der Waals surface area contributed by atoms with E-state index in [2.05, 4.69) is 15.0 Å². The minimum atomic E-state index is -3.70. The molecule has 0 saturated carbocycles. The van der Waals surface area contributed by atoms with Gasteiger partial charge in [-0.05, 0) is 18.6 Å². The normalized spacial score (nSPS) is 10.8. The first-order valence-electron chi connectivity index (χ1n) is 7.15. The van der Waals surface area contributed by atoms with E-state index in [1.807, 2.05) is 11.6 Å². The highest BCUT2D eigenvalue weighted by atomic mass is 32.2. The molecule has 0 aliphatic carbocycles. The quantitative estimate of drug-likeness (QED) is 0.618. The molecule has 0 unspecified atom stereocenters. The van der Waals surface area contributed by atoms with Gasteiger partial charge in [0.2, 0.25) is 10.0 Å². The lowest BCUT2D eigenvalue weighted by molar-refractivity contribution is -0.139. The van der Waals surface area contributed by atoms with E-state index in [4.69, 9.17) is 0 Å². The molecule has 0 fully saturated rings. The van der Waals surface area contributed by atoms with Crippen molar-refractivity contribution in [2.24, 2.45) is 0 Å². The molecule has 24 heavy (non-hydrogen) atoms. The van der Waals surface area contributed by atoms with Crippen molar-refractivity contribution in [1.82, 2.24) is 15.0 Å². The largest absolute Gasteiger partial charge is 0.468 e. The molecule has 1 heterocycles. The first-order chi connectivity index (χ1) is 11.3. The maximum Gasteiger partial charge on any atom is 0.325 e. The van der Waals surface area contributed by atoms with Gasteiger partial charge in [0.1, 0.15) is 12.2 Å². The minimum absolute atomic E-state index is 0.000378. The summed E-state index contributed by atoms with van der Waals surface area (Å²) in [5.74, 6) is -2.20. The lowest BCUT2D eigenvalue weighted by Crippen LogP contribution is -2.33. The molecule has 0 aliphatic rings. The average Bonchev–Trinajstić information content (AvgIpc) is 2.57. The molecule has 0 atom stereocenters. The molecule has 1 aromatic heterocycles. The molecule has 1 rings (SSSR count). The summed E-state index contributed by atoms with van der Waals surface area (Å²) < 4.78 is 29.6. The Bertz CT molecular complexity index is 700. The lowest BCUT2D eigenvalue weighted by atomic mass is 10.2. The van der Waals surface area contributed by atoms with Crippen LogP contribution in [0.1, 0.15) is 40.6 Å². The fraction of sp³-hybridized carbons (Fsp3) is 0.429. The summed E-state index contributed by atoms with van der Waals surface area (Å²) >= 11 is 0. The minimum Gasteiger partial charge on any atom is -0.468 e. The van der Waals surface area contributed by atoms with Crippen LogP contribution in [0, 0.1) is 0 Å². The molecule has 10 heteroatoms. The number of methoxy groups -OCH3 is 1. The Balaban J connectivity index is 2.68. The van der Waals surface area contributed by atoms with Gasteiger partial charge in [-0.2, -0.15) is 0 Å². The van der Waals surface area contributed by atoms with Gasteiger partial charge in [0.15, 0.2) is 0 Å². The monoisotopic (exact) mass is 357 g/mol. The number of amides is 2. The fourth-order valence-electron chi connectivity index (χ4n) is 1.56. The highest BCUT2D eigenvalue weighted by molar-refractivity contribution is 7.90. The van der Waals surface area contributed by atoms with Gasteiger partial charge in [0.05, 0.1) is 18.4 Å². The van der Waals surface area contributed by atoms with E-state index in [1.165, 1.54) is 19.2 Å². The molecule has 2 N–H and O–H groups in total. The number of aromatic nitrogens is 1. The van der Waals surface area contributed by atoms with Crippen LogP contribution in [0.2, 0.25) is 0 Å². The first-order valence-corrected chi connectivity index (χ1v) is 8.80. The van der Waals surface area contributed by atoms with Crippen LogP contribution in [0.3, 0.4) is 0 Å². The van der Waals surface area contributed by atoms with Gasteiger partial charge in [-0.3, -0.25) is 19.4 Å². The fourth-order valence-corrected chi connectivity index (χ4v) is 2.73. The van der Waals surface area contributed by atoms with E-state index in [-0.39, 0.29) is 23.6 Å². The molecule has 0 aromatic carbocycles. The standard InChI is InChI=1S/C14H19N3O6S/c1-3-4-7-24(21,22)17-13(19)10-5-6-11(15-8-10)14(20)16-9-12(18)23-2/h5-6,8H,3-4,7,9H2,1-2H3,(H,16,20)(H,17,19). The summed E-state index contributed by atoms with van der Waals surface area (Å²) in [5, 5.41) is 2.29. The molecule has 0 aliphatic heterocycles. The molecular formula is C14H19N3O6S. The average molecular weight is 357 g/mol. The number of esters is 1. The summed E-state index contributed by atoms with van der Waals surface area (Å²) in [6, 6.07) is 2.52. The number of pyridine rings is 1. The maximum atomic E-state index is 11.9. The van der Waals surface area contributed by atoms with E-state index < -0.39 is 27.8 Å². The Morgan fingerprint density at radius 3 is 2.46 bits per heavy atom. The number of hydrogen-bond acceptors (Lipinski definition) is 7. The van der Waals surface area contributed by atoms with Gasteiger partial charge in [-0.15, -0.1) is 0 Å². The molecule has 0 bridgehead atoms. The third-order valence-corrected chi connectivity index (χ3v) is 4.22. The summed E-state index contributed by atoms with van der Waals surface area (Å²) in [6.45, 7) is 1.53. The van der Waals surface area contributed by atoms with E-state index in [1.54, 1.807) is 0 Å². The van der Waals surface area contributed by atoms with Crippen molar-refractivity contribution in [3.8, 4) is 0 Å². The van der Waals surface area contributed by atoms with Gasteiger partial charge in [-0.25, -0.2) is 13.1 Å². The topological polar surface area (TPSA) is 132 Å². The molecule has 0 radical (unpaired) electrons. The molecule has 132 valence electrons. The van der Waals surface area contributed by atoms with Gasteiger partial charge in [0, 0.05) is 6.20 Å². The Kier molecular flexibility index (Phi) is 7.31. The van der Waals surface area contributed by atoms with E-state index in [0.29, 0.717) is 12.8 Å². The number of nitrogens with one attached hydrogen (secondary N) is 2. The van der Waals surface area contributed by atoms with Crippen molar-refractivity contribution in [3.63, 3.8) is 0 Å². The number of ether oxygens (including phenoxy) is 1. The molecule has 2 amide bonds. The van der Waals surface area contributed by atoms with Crippen molar-refractivity contribution in [2.45, 2.75) is 19.8 Å². The highest BCUT2D eigenvalue weighted by Crippen LogP contribution is 2.02. The van der Waals surface area contributed by atoms with E-state index in [0.717, 1.165) is 6.20 Å². The maximum absolute atomic E-state index is 11.9. The van der Waals surface area contributed by atoms with Crippen LogP contribution in [0.25, 0.3) is 0 Å². The SMILES string of the molecule is CCCCS(=O)(=O)NC(=O)c1ccc(C(=O)NCC(=O)OC)nc1. The zero-order valence-electron chi connectivity index (χ0n) is 13.4. The molecule has 0 saturated heterocycles. The van der Waals surface area contributed by atoms with Gasteiger partial charge >= 0.3 is 5.97 Å². The summed E-state index contributed by atoms with van der Waals surface area (Å²) in [6.07, 6.45) is 2.21. The van der Waals surface area contributed by atoms with Crippen molar-refractivity contribution >= 4 is 27.8 Å².